The molecule has 2 amide bonds. The fraction of sp³-hybridized carbons (Fsp3) is 0.0588. The molecular weight excluding hydrogens is 372 g/mol. The molecule has 3 aromatic rings. The Morgan fingerprint density at radius 3 is 2.67 bits per heavy atom. The first-order chi connectivity index (χ1) is 13.0. The van der Waals surface area contributed by atoms with E-state index in [0.717, 1.165) is 0 Å². The van der Waals surface area contributed by atoms with Gasteiger partial charge in [-0.2, -0.15) is 5.10 Å². The number of carbonyl (C=O) groups is 2. The number of hydrogen-bond donors (Lipinski definition) is 3. The van der Waals surface area contributed by atoms with Crippen molar-refractivity contribution in [3.8, 4) is 5.69 Å². The van der Waals surface area contributed by atoms with Gasteiger partial charge in [-0.3, -0.25) is 10.1 Å². The second-order valence-electron chi connectivity index (χ2n) is 5.38. The Kier molecular flexibility index (Phi) is 5.23. The minimum atomic E-state index is -0.601. The van der Waals surface area contributed by atoms with Crippen LogP contribution in [0.3, 0.4) is 0 Å². The van der Waals surface area contributed by atoms with E-state index in [9.17, 15) is 9.59 Å². The number of nitrogens with one attached hydrogen (secondary N) is 2. The fourth-order valence-electron chi connectivity index (χ4n) is 2.22. The fourth-order valence-corrected chi connectivity index (χ4v) is 2.33. The van der Waals surface area contributed by atoms with Gasteiger partial charge in [0.1, 0.15) is 5.82 Å². The third kappa shape index (κ3) is 4.33. The number of halogens is 1. The highest BCUT2D eigenvalue weighted by atomic mass is 35.5. The van der Waals surface area contributed by atoms with E-state index in [1.807, 2.05) is 0 Å². The maximum absolute atomic E-state index is 12.3. The van der Waals surface area contributed by atoms with Crippen LogP contribution in [0.15, 0.2) is 48.9 Å². The van der Waals surface area contributed by atoms with Crippen LogP contribution in [0.5, 0.6) is 0 Å². The van der Waals surface area contributed by atoms with Gasteiger partial charge in [0.25, 0.3) is 5.91 Å². The van der Waals surface area contributed by atoms with Crippen LogP contribution in [0, 0.1) is 0 Å². The van der Waals surface area contributed by atoms with Crippen molar-refractivity contribution in [1.29, 1.82) is 0 Å². The lowest BCUT2D eigenvalue weighted by atomic mass is 10.2. The van der Waals surface area contributed by atoms with Crippen LogP contribution in [0.1, 0.15) is 10.4 Å². The number of carbonyl (C=O) groups excluding carboxylic acids is 2. The summed E-state index contributed by atoms with van der Waals surface area (Å²) in [7, 11) is 1.27. The summed E-state index contributed by atoms with van der Waals surface area (Å²) in [6.07, 6.45) is 3.77. The molecule has 0 radical (unpaired) electrons. The van der Waals surface area contributed by atoms with Gasteiger partial charge in [-0.15, -0.1) is 0 Å². The predicted octanol–water partition coefficient (Wildman–Crippen LogP) is 2.93. The third-order valence-electron chi connectivity index (χ3n) is 3.52. The van der Waals surface area contributed by atoms with Gasteiger partial charge in [-0.1, -0.05) is 11.6 Å². The van der Waals surface area contributed by atoms with Crippen molar-refractivity contribution in [2.45, 2.75) is 0 Å². The second-order valence-corrected chi connectivity index (χ2v) is 5.82. The lowest BCUT2D eigenvalue weighted by Crippen LogP contribution is -2.12. The van der Waals surface area contributed by atoms with Gasteiger partial charge in [0.15, 0.2) is 0 Å². The highest BCUT2D eigenvalue weighted by molar-refractivity contribution is 6.30. The number of amides is 2. The van der Waals surface area contributed by atoms with Crippen molar-refractivity contribution < 1.29 is 14.3 Å². The molecule has 0 atom stereocenters. The number of anilines is 3. The molecule has 0 saturated carbocycles. The molecule has 0 spiro atoms. The number of nitrogens with two attached hydrogens (primary N) is 1. The van der Waals surface area contributed by atoms with Gasteiger partial charge in [0, 0.05) is 18.1 Å². The Morgan fingerprint density at radius 1 is 1.19 bits per heavy atom. The summed E-state index contributed by atoms with van der Waals surface area (Å²) in [5.41, 5.74) is 7.72. The van der Waals surface area contributed by atoms with E-state index in [0.29, 0.717) is 33.5 Å². The standard InChI is InChI=1S/C17H15ClN6O3/c1-27-17(26)22-12-3-4-14(13(19)6-12)24-9-10(7-21-24)16(25)23-15-5-2-11(18)8-20-15/h2-9H,19H2,1H3,(H,22,26)(H,20,23,25). The smallest absolute Gasteiger partial charge is 0.411 e. The predicted molar refractivity (Wildman–Crippen MR) is 101 cm³/mol. The van der Waals surface area contributed by atoms with Crippen molar-refractivity contribution in [3.05, 3.63) is 59.5 Å². The third-order valence-corrected chi connectivity index (χ3v) is 3.74. The summed E-state index contributed by atoms with van der Waals surface area (Å²) < 4.78 is 5.99. The normalized spacial score (nSPS) is 10.3. The number of methoxy groups -OCH3 is 1. The minimum Gasteiger partial charge on any atom is -0.453 e. The Bertz CT molecular complexity index is 987. The highest BCUT2D eigenvalue weighted by Gasteiger charge is 2.12. The number of rotatable bonds is 4. The monoisotopic (exact) mass is 386 g/mol. The van der Waals surface area contributed by atoms with Crippen LogP contribution in [0.25, 0.3) is 5.69 Å². The maximum atomic E-state index is 12.3. The maximum Gasteiger partial charge on any atom is 0.411 e. The average molecular weight is 387 g/mol. The largest absolute Gasteiger partial charge is 0.453 e. The first kappa shape index (κ1) is 18.2. The van der Waals surface area contributed by atoms with E-state index in [1.165, 1.54) is 30.4 Å². The molecule has 1 aromatic carbocycles. The van der Waals surface area contributed by atoms with Gasteiger partial charge in [-0.05, 0) is 30.3 Å². The van der Waals surface area contributed by atoms with E-state index >= 15 is 0 Å². The number of benzene rings is 1. The zero-order valence-corrected chi connectivity index (χ0v) is 14.9. The van der Waals surface area contributed by atoms with Gasteiger partial charge in [0.2, 0.25) is 0 Å². The molecule has 27 heavy (non-hydrogen) atoms. The van der Waals surface area contributed by atoms with Crippen LogP contribution >= 0.6 is 11.6 Å². The van der Waals surface area contributed by atoms with E-state index in [-0.39, 0.29) is 5.91 Å². The van der Waals surface area contributed by atoms with Crippen LogP contribution in [-0.4, -0.2) is 33.9 Å². The number of aromatic nitrogens is 3. The van der Waals surface area contributed by atoms with Crippen LogP contribution < -0.4 is 16.4 Å². The molecule has 0 unspecified atom stereocenters. The Labute approximate surface area is 159 Å². The molecule has 0 fully saturated rings. The van der Waals surface area contributed by atoms with Crippen LogP contribution in [0.2, 0.25) is 5.02 Å². The molecule has 0 aliphatic carbocycles. The quantitative estimate of drug-likeness (QED) is 0.592. The van der Waals surface area contributed by atoms with Crippen molar-refractivity contribution in [3.63, 3.8) is 0 Å². The summed E-state index contributed by atoms with van der Waals surface area (Å²) in [6, 6.07) is 8.08. The zero-order chi connectivity index (χ0) is 19.4. The minimum absolute atomic E-state index is 0.322. The summed E-state index contributed by atoms with van der Waals surface area (Å²) in [5, 5.41) is 9.79. The lowest BCUT2D eigenvalue weighted by Gasteiger charge is -2.09. The molecule has 10 heteroatoms. The van der Waals surface area contributed by atoms with Gasteiger partial charge < -0.3 is 15.8 Å². The van der Waals surface area contributed by atoms with E-state index in [2.05, 4.69) is 25.5 Å². The number of hydrogen-bond acceptors (Lipinski definition) is 6. The van der Waals surface area contributed by atoms with Gasteiger partial charge in [0.05, 0.1) is 35.3 Å². The molecule has 0 saturated heterocycles. The zero-order valence-electron chi connectivity index (χ0n) is 14.1. The second kappa shape index (κ2) is 7.75. The molecular formula is C17H15ClN6O3. The summed E-state index contributed by atoms with van der Waals surface area (Å²) in [4.78, 5) is 27.6. The van der Waals surface area contributed by atoms with Gasteiger partial charge in [-0.25, -0.2) is 14.5 Å². The molecule has 138 valence electrons. The van der Waals surface area contributed by atoms with Crippen LogP contribution in [0.4, 0.5) is 22.0 Å². The molecule has 0 aliphatic heterocycles. The topological polar surface area (TPSA) is 124 Å². The highest BCUT2D eigenvalue weighted by Crippen LogP contribution is 2.22. The lowest BCUT2D eigenvalue weighted by molar-refractivity contribution is 0.102. The SMILES string of the molecule is COC(=O)Nc1ccc(-n2cc(C(=O)Nc3ccc(Cl)cn3)cn2)c(N)c1. The number of nitrogen functional groups attached to an aromatic ring is 1. The molecule has 4 N–H and O–H groups in total. The Morgan fingerprint density at radius 2 is 2.00 bits per heavy atom. The first-order valence-corrected chi connectivity index (χ1v) is 8.06. The average Bonchev–Trinajstić information content (AvgIpc) is 3.13. The molecule has 2 heterocycles. The first-order valence-electron chi connectivity index (χ1n) is 7.68. The van der Waals surface area contributed by atoms with E-state index in [1.54, 1.807) is 30.3 Å². The number of nitrogens with zero attached hydrogens (tertiary/aromatic N) is 3. The van der Waals surface area contributed by atoms with Crippen molar-refractivity contribution >= 4 is 40.8 Å². The molecule has 0 aliphatic rings. The number of pyridine rings is 1. The molecule has 9 nitrogen and oxygen atoms in total. The van der Waals surface area contributed by atoms with Crippen molar-refractivity contribution in [2.24, 2.45) is 0 Å². The Balaban J connectivity index is 1.75. The summed E-state index contributed by atoms with van der Waals surface area (Å²) >= 11 is 5.77. The molecule has 0 bridgehead atoms. The summed E-state index contributed by atoms with van der Waals surface area (Å²) in [6.45, 7) is 0. The van der Waals surface area contributed by atoms with E-state index in [4.69, 9.17) is 17.3 Å². The Hall–Kier alpha value is -3.59. The van der Waals surface area contributed by atoms with Crippen LogP contribution in [-0.2, 0) is 4.74 Å². The number of ether oxygens (including phenoxy) is 1. The van der Waals surface area contributed by atoms with Crippen molar-refractivity contribution in [2.75, 3.05) is 23.5 Å². The molecule has 2 aromatic heterocycles. The van der Waals surface area contributed by atoms with Gasteiger partial charge >= 0.3 is 6.09 Å². The molecule has 3 rings (SSSR count). The van der Waals surface area contributed by atoms with Crippen molar-refractivity contribution in [1.82, 2.24) is 14.8 Å². The van der Waals surface area contributed by atoms with E-state index < -0.39 is 6.09 Å². The summed E-state index contributed by atoms with van der Waals surface area (Å²) in [5.74, 6) is -0.00600.